The fourth-order valence-electron chi connectivity index (χ4n) is 3.71. The van der Waals surface area contributed by atoms with E-state index in [-0.39, 0.29) is 17.8 Å². The maximum Gasteiger partial charge on any atom is 0.421 e. The Balaban J connectivity index is 1.47. The maximum absolute atomic E-state index is 13.3. The van der Waals surface area contributed by atoms with Crippen LogP contribution in [0.5, 0.6) is 0 Å². The Hall–Kier alpha value is -3.14. The van der Waals surface area contributed by atoms with Gasteiger partial charge in [-0.05, 0) is 42.5 Å². The van der Waals surface area contributed by atoms with Gasteiger partial charge in [-0.25, -0.2) is 9.98 Å². The SMILES string of the molecule is C[NH+]=C(/C=C\N)CN1CCc2cc(Nc3ncc(C(F)(F)F)c(NC4CC4)n3)ccc2C1. The Morgan fingerprint density at radius 3 is 2.81 bits per heavy atom. The van der Waals surface area contributed by atoms with Gasteiger partial charge in [-0.3, -0.25) is 4.90 Å². The number of benzene rings is 1. The lowest BCUT2D eigenvalue weighted by molar-refractivity contribution is -0.420. The van der Waals surface area contributed by atoms with Crippen LogP contribution in [0.2, 0.25) is 0 Å². The van der Waals surface area contributed by atoms with Gasteiger partial charge in [0.1, 0.15) is 18.4 Å². The fourth-order valence-corrected chi connectivity index (χ4v) is 3.71. The van der Waals surface area contributed by atoms with Gasteiger partial charge >= 0.3 is 6.18 Å². The minimum Gasteiger partial charge on any atom is -0.404 e. The van der Waals surface area contributed by atoms with E-state index in [2.05, 4.69) is 30.5 Å². The molecule has 0 amide bonds. The van der Waals surface area contributed by atoms with Gasteiger partial charge in [0, 0.05) is 43.3 Å². The molecular formula is C22H27F3N7+. The molecule has 0 radical (unpaired) electrons. The third kappa shape index (κ3) is 5.37. The van der Waals surface area contributed by atoms with E-state index < -0.39 is 11.7 Å². The van der Waals surface area contributed by atoms with Crippen LogP contribution in [-0.4, -0.2) is 46.8 Å². The fraction of sp³-hybridized carbons (Fsp3) is 0.409. The lowest BCUT2D eigenvalue weighted by Gasteiger charge is -2.28. The number of fused-ring (bicyclic) bond motifs is 1. The normalized spacial score (nSPS) is 17.4. The first-order chi connectivity index (χ1) is 15.4. The van der Waals surface area contributed by atoms with Crippen molar-refractivity contribution in [2.75, 3.05) is 30.8 Å². The summed E-state index contributed by atoms with van der Waals surface area (Å²) in [5.41, 5.74) is 8.87. The number of nitrogens with zero attached hydrogens (tertiary/aromatic N) is 3. The van der Waals surface area contributed by atoms with Crippen LogP contribution < -0.4 is 21.4 Å². The number of rotatable bonds is 7. The van der Waals surface area contributed by atoms with Crippen molar-refractivity contribution in [3.05, 3.63) is 53.4 Å². The minimum absolute atomic E-state index is 0.0477. The Morgan fingerprint density at radius 1 is 1.31 bits per heavy atom. The molecule has 0 bridgehead atoms. The molecular weight excluding hydrogens is 419 g/mol. The summed E-state index contributed by atoms with van der Waals surface area (Å²) in [7, 11) is 1.88. The molecule has 1 aliphatic carbocycles. The summed E-state index contributed by atoms with van der Waals surface area (Å²) in [5, 5.41) is 5.92. The van der Waals surface area contributed by atoms with E-state index in [1.807, 2.05) is 31.3 Å². The van der Waals surface area contributed by atoms with Gasteiger partial charge in [-0.1, -0.05) is 6.07 Å². The summed E-state index contributed by atoms with van der Waals surface area (Å²) < 4.78 is 39.8. The van der Waals surface area contributed by atoms with Crippen LogP contribution in [-0.2, 0) is 19.1 Å². The van der Waals surface area contributed by atoms with Crippen LogP contribution in [0.4, 0.5) is 30.6 Å². The van der Waals surface area contributed by atoms with E-state index in [9.17, 15) is 13.2 Å². The van der Waals surface area contributed by atoms with Gasteiger partial charge in [-0.2, -0.15) is 18.2 Å². The third-order valence-corrected chi connectivity index (χ3v) is 5.58. The Labute approximate surface area is 184 Å². The molecule has 7 nitrogen and oxygen atoms in total. The van der Waals surface area contributed by atoms with Crippen LogP contribution in [0.3, 0.4) is 0 Å². The van der Waals surface area contributed by atoms with Crippen LogP contribution in [0.25, 0.3) is 0 Å². The molecule has 2 aromatic rings. The highest BCUT2D eigenvalue weighted by Crippen LogP contribution is 2.36. The predicted molar refractivity (Wildman–Crippen MR) is 118 cm³/mol. The molecule has 0 unspecified atom stereocenters. The number of nitrogens with one attached hydrogen (secondary N) is 3. The average Bonchev–Trinajstić information content (AvgIpc) is 3.57. The smallest absolute Gasteiger partial charge is 0.404 e. The van der Waals surface area contributed by atoms with E-state index in [0.29, 0.717) is 0 Å². The zero-order chi connectivity index (χ0) is 22.7. The van der Waals surface area contributed by atoms with Crippen molar-refractivity contribution in [3.63, 3.8) is 0 Å². The van der Waals surface area contributed by atoms with Gasteiger partial charge in [0.25, 0.3) is 0 Å². The lowest BCUT2D eigenvalue weighted by atomic mass is 9.98. The summed E-state index contributed by atoms with van der Waals surface area (Å²) in [4.78, 5) is 13.5. The molecule has 1 aromatic heterocycles. The number of alkyl halides is 3. The van der Waals surface area contributed by atoms with Crippen molar-refractivity contribution in [3.8, 4) is 0 Å². The van der Waals surface area contributed by atoms with Crippen molar-refractivity contribution >= 4 is 23.2 Å². The van der Waals surface area contributed by atoms with Gasteiger partial charge in [0.15, 0.2) is 5.71 Å². The molecule has 5 N–H and O–H groups in total. The number of aromatic nitrogens is 2. The average molecular weight is 447 g/mol. The van der Waals surface area contributed by atoms with E-state index in [4.69, 9.17) is 5.73 Å². The van der Waals surface area contributed by atoms with Crippen molar-refractivity contribution < 1.29 is 18.2 Å². The summed E-state index contributed by atoms with van der Waals surface area (Å²) in [6, 6.07) is 6.01. The first-order valence-electron chi connectivity index (χ1n) is 10.6. The molecule has 1 fully saturated rings. The minimum atomic E-state index is -4.50. The Bertz CT molecular complexity index is 1030. The Morgan fingerprint density at radius 2 is 2.12 bits per heavy atom. The largest absolute Gasteiger partial charge is 0.421 e. The van der Waals surface area contributed by atoms with Crippen molar-refractivity contribution in [1.82, 2.24) is 14.9 Å². The second-order valence-corrected chi connectivity index (χ2v) is 8.08. The zero-order valence-corrected chi connectivity index (χ0v) is 17.8. The summed E-state index contributed by atoms with van der Waals surface area (Å²) in [5.74, 6) is -0.0328. The maximum atomic E-state index is 13.3. The van der Waals surface area contributed by atoms with Crippen LogP contribution in [0.15, 0.2) is 36.7 Å². The number of halogens is 3. The van der Waals surface area contributed by atoms with Crippen molar-refractivity contribution in [2.45, 2.75) is 38.0 Å². The quantitative estimate of drug-likeness (QED) is 0.485. The molecule has 1 aromatic carbocycles. The van der Waals surface area contributed by atoms with Gasteiger partial charge in [0.2, 0.25) is 5.95 Å². The van der Waals surface area contributed by atoms with E-state index in [0.717, 1.165) is 56.5 Å². The molecule has 10 heteroatoms. The molecule has 32 heavy (non-hydrogen) atoms. The number of nitrogens with two attached hydrogens (primary N) is 1. The summed E-state index contributed by atoms with van der Waals surface area (Å²) in [6.07, 6.45) is 2.29. The zero-order valence-electron chi connectivity index (χ0n) is 17.8. The molecule has 0 saturated heterocycles. The summed E-state index contributed by atoms with van der Waals surface area (Å²) >= 11 is 0. The molecule has 2 aliphatic rings. The molecule has 1 saturated carbocycles. The first kappa shape index (κ1) is 22.1. The van der Waals surface area contributed by atoms with Gasteiger partial charge in [0.05, 0.1) is 6.54 Å². The molecule has 0 atom stereocenters. The van der Waals surface area contributed by atoms with E-state index >= 15 is 0 Å². The Kier molecular flexibility index (Phi) is 6.31. The molecule has 0 spiro atoms. The number of hydrogen-bond donors (Lipinski definition) is 4. The van der Waals surface area contributed by atoms with Gasteiger partial charge < -0.3 is 16.4 Å². The highest BCUT2D eigenvalue weighted by molar-refractivity contribution is 5.91. The predicted octanol–water partition coefficient (Wildman–Crippen LogP) is 1.80. The van der Waals surface area contributed by atoms with Gasteiger partial charge in [-0.15, -0.1) is 0 Å². The lowest BCUT2D eigenvalue weighted by Crippen LogP contribution is -2.69. The molecule has 170 valence electrons. The highest BCUT2D eigenvalue weighted by Gasteiger charge is 2.37. The monoisotopic (exact) mass is 446 g/mol. The van der Waals surface area contributed by atoms with E-state index in [1.54, 1.807) is 0 Å². The van der Waals surface area contributed by atoms with Crippen LogP contribution in [0.1, 0.15) is 29.5 Å². The second-order valence-electron chi connectivity index (χ2n) is 8.08. The summed E-state index contributed by atoms with van der Waals surface area (Å²) in [6.45, 7) is 2.48. The highest BCUT2D eigenvalue weighted by atomic mass is 19.4. The molecule has 1 aliphatic heterocycles. The van der Waals surface area contributed by atoms with E-state index in [1.165, 1.54) is 17.3 Å². The van der Waals surface area contributed by atoms with Crippen molar-refractivity contribution in [1.29, 1.82) is 0 Å². The third-order valence-electron chi connectivity index (χ3n) is 5.58. The molecule has 2 heterocycles. The first-order valence-corrected chi connectivity index (χ1v) is 10.6. The van der Waals surface area contributed by atoms with Crippen LogP contribution >= 0.6 is 0 Å². The van der Waals surface area contributed by atoms with Crippen LogP contribution in [0, 0.1) is 0 Å². The standard InChI is InChI=1S/C22H26F3N7/c1-27-18(6-8-26)13-32-9-7-14-10-17(3-2-15(14)12-32)30-21-28-11-19(22(23,24)25)20(31-21)29-16-4-5-16/h2-3,6,8,10-11,16H,4-5,7,9,12-13,26H2,1H3,(H2,28,29,30,31)/p+1/b8-6-,27-18?. The second kappa shape index (κ2) is 9.15. The topological polar surface area (TPSA) is 93.1 Å². The number of anilines is 3. The number of hydrogen-bond acceptors (Lipinski definition) is 6. The molecule has 4 rings (SSSR count). The van der Waals surface area contributed by atoms with Crippen molar-refractivity contribution in [2.24, 2.45) is 5.73 Å².